The van der Waals surface area contributed by atoms with Crippen LogP contribution in [0.15, 0.2) is 72.8 Å². The Hall–Kier alpha value is -2.14. The van der Waals surface area contributed by atoms with Gasteiger partial charge < -0.3 is 5.32 Å². The maximum Gasteiger partial charge on any atom is 0.0730 e. The van der Waals surface area contributed by atoms with E-state index in [0.717, 1.165) is 33.2 Å². The minimum absolute atomic E-state index is 1.01. The molecule has 0 bridgehead atoms. The lowest BCUT2D eigenvalue weighted by Gasteiger charge is -2.14. The molecule has 0 aliphatic carbocycles. The van der Waals surface area contributed by atoms with Crippen LogP contribution in [0.4, 0.5) is 11.4 Å². The molecule has 3 aromatic carbocycles. The highest BCUT2D eigenvalue weighted by Crippen LogP contribution is 2.33. The molecule has 4 aromatic rings. The van der Waals surface area contributed by atoms with Gasteiger partial charge in [-0.25, -0.2) is 4.98 Å². The van der Waals surface area contributed by atoms with Crippen LogP contribution in [0.25, 0.3) is 21.8 Å². The molecule has 0 fully saturated rings. The summed E-state index contributed by atoms with van der Waals surface area (Å²) in [6.07, 6.45) is 0. The topological polar surface area (TPSA) is 24.9 Å². The van der Waals surface area contributed by atoms with E-state index in [1.54, 1.807) is 0 Å². The van der Waals surface area contributed by atoms with Crippen LogP contribution in [0.1, 0.15) is 0 Å². The highest BCUT2D eigenvalue weighted by molar-refractivity contribution is 14.1. The Balaban J connectivity index is 2.02. The van der Waals surface area contributed by atoms with E-state index in [-0.39, 0.29) is 0 Å². The van der Waals surface area contributed by atoms with Crippen molar-refractivity contribution in [3.63, 3.8) is 0 Å². The molecular weight excluding hydrogens is 383 g/mol. The Labute approximate surface area is 142 Å². The number of nitrogens with one attached hydrogen (secondary N) is 1. The van der Waals surface area contributed by atoms with Crippen molar-refractivity contribution < 1.29 is 0 Å². The van der Waals surface area contributed by atoms with Gasteiger partial charge in [-0.3, -0.25) is 0 Å². The summed E-state index contributed by atoms with van der Waals surface area (Å²) in [5.41, 5.74) is 4.25. The summed E-state index contributed by atoms with van der Waals surface area (Å²) in [4.78, 5) is 4.76. The maximum absolute atomic E-state index is 4.76. The van der Waals surface area contributed by atoms with Crippen LogP contribution in [-0.4, -0.2) is 4.98 Å². The van der Waals surface area contributed by atoms with Crippen LogP contribution in [0.2, 0.25) is 0 Å². The van der Waals surface area contributed by atoms with Crippen molar-refractivity contribution in [3.8, 4) is 0 Å². The second-order valence-corrected chi connectivity index (χ2v) is 6.29. The summed E-state index contributed by atoms with van der Waals surface area (Å²) in [6.45, 7) is 0. The predicted octanol–water partition coefficient (Wildman–Crippen LogP) is 5.74. The minimum atomic E-state index is 1.01. The zero-order valence-corrected chi connectivity index (χ0v) is 13.9. The molecule has 1 heterocycles. The molecule has 3 heteroatoms. The first-order chi connectivity index (χ1) is 10.8. The molecule has 2 nitrogen and oxygen atoms in total. The number of aromatic nitrogens is 1. The number of benzene rings is 3. The third-order valence-corrected chi connectivity index (χ3v) is 4.66. The molecule has 106 valence electrons. The molecular formula is C19H13IN2. The van der Waals surface area contributed by atoms with E-state index < -0.39 is 0 Å². The predicted molar refractivity (Wildman–Crippen MR) is 102 cm³/mol. The van der Waals surface area contributed by atoms with E-state index in [1.165, 1.54) is 3.57 Å². The van der Waals surface area contributed by atoms with Gasteiger partial charge in [0.15, 0.2) is 0 Å². The first kappa shape index (κ1) is 13.5. The number of hydrogen-bond donors (Lipinski definition) is 1. The number of fused-ring (bicyclic) bond motifs is 2. The summed E-state index contributed by atoms with van der Waals surface area (Å²) >= 11 is 2.36. The Morgan fingerprint density at radius 2 is 1.23 bits per heavy atom. The average Bonchev–Trinajstić information content (AvgIpc) is 2.56. The van der Waals surface area contributed by atoms with Crippen LogP contribution < -0.4 is 5.32 Å². The van der Waals surface area contributed by atoms with Gasteiger partial charge in [-0.05, 0) is 46.9 Å². The SMILES string of the molecule is Ic1ccccc1Nc1c2ccccc2nc2ccccc12. The normalized spacial score (nSPS) is 11.0. The number of pyridine rings is 1. The van der Waals surface area contributed by atoms with Gasteiger partial charge >= 0.3 is 0 Å². The van der Waals surface area contributed by atoms with Gasteiger partial charge in [0.25, 0.3) is 0 Å². The molecule has 22 heavy (non-hydrogen) atoms. The molecule has 4 rings (SSSR count). The second kappa shape index (κ2) is 5.57. The number of rotatable bonds is 2. The molecule has 0 atom stereocenters. The number of para-hydroxylation sites is 3. The smallest absolute Gasteiger partial charge is 0.0730 e. The standard InChI is InChI=1S/C19H13IN2/c20-15-9-3-6-12-18(15)22-19-13-7-1-4-10-16(13)21-17-11-5-2-8-14(17)19/h1-12H,(H,21,22). The van der Waals surface area contributed by atoms with Crippen LogP contribution in [-0.2, 0) is 0 Å². The first-order valence-corrected chi connectivity index (χ1v) is 8.20. The van der Waals surface area contributed by atoms with Gasteiger partial charge in [-0.2, -0.15) is 0 Å². The zero-order valence-electron chi connectivity index (χ0n) is 11.8. The van der Waals surface area contributed by atoms with Crippen LogP contribution in [0.5, 0.6) is 0 Å². The average molecular weight is 396 g/mol. The van der Waals surface area contributed by atoms with Gasteiger partial charge in [-0.1, -0.05) is 48.5 Å². The lowest BCUT2D eigenvalue weighted by molar-refractivity contribution is 1.48. The van der Waals surface area contributed by atoms with E-state index in [1.807, 2.05) is 12.1 Å². The van der Waals surface area contributed by atoms with Crippen molar-refractivity contribution in [3.05, 3.63) is 76.4 Å². The molecule has 1 N–H and O–H groups in total. The molecule has 0 spiro atoms. The summed E-state index contributed by atoms with van der Waals surface area (Å²) in [5, 5.41) is 5.89. The number of hydrogen-bond acceptors (Lipinski definition) is 2. The lowest BCUT2D eigenvalue weighted by Crippen LogP contribution is -1.96. The molecule has 1 aromatic heterocycles. The van der Waals surface area contributed by atoms with Crippen molar-refractivity contribution >= 4 is 55.8 Å². The summed E-state index contributed by atoms with van der Waals surface area (Å²) in [5.74, 6) is 0. The van der Waals surface area contributed by atoms with Crippen molar-refractivity contribution in [1.82, 2.24) is 4.98 Å². The summed E-state index contributed by atoms with van der Waals surface area (Å²) in [6, 6.07) is 24.8. The summed E-state index contributed by atoms with van der Waals surface area (Å²) < 4.78 is 1.20. The van der Waals surface area contributed by atoms with E-state index >= 15 is 0 Å². The molecule has 0 amide bonds. The van der Waals surface area contributed by atoms with Gasteiger partial charge in [0.2, 0.25) is 0 Å². The fourth-order valence-corrected chi connectivity index (χ4v) is 3.19. The Kier molecular flexibility index (Phi) is 3.42. The lowest BCUT2D eigenvalue weighted by atomic mass is 10.1. The van der Waals surface area contributed by atoms with Gasteiger partial charge in [0.05, 0.1) is 22.4 Å². The second-order valence-electron chi connectivity index (χ2n) is 5.13. The van der Waals surface area contributed by atoms with Crippen molar-refractivity contribution in [2.75, 3.05) is 5.32 Å². The summed E-state index contributed by atoms with van der Waals surface area (Å²) in [7, 11) is 0. The van der Waals surface area contributed by atoms with Crippen molar-refractivity contribution in [2.45, 2.75) is 0 Å². The monoisotopic (exact) mass is 396 g/mol. The van der Waals surface area contributed by atoms with Gasteiger partial charge in [-0.15, -0.1) is 0 Å². The molecule has 0 unspecified atom stereocenters. The van der Waals surface area contributed by atoms with E-state index in [0.29, 0.717) is 0 Å². The molecule has 0 saturated carbocycles. The number of nitrogens with zero attached hydrogens (tertiary/aromatic N) is 1. The maximum atomic E-state index is 4.76. The van der Waals surface area contributed by atoms with Gasteiger partial charge in [0.1, 0.15) is 0 Å². The largest absolute Gasteiger partial charge is 0.354 e. The van der Waals surface area contributed by atoms with Crippen molar-refractivity contribution in [1.29, 1.82) is 0 Å². The van der Waals surface area contributed by atoms with Crippen LogP contribution in [0, 0.1) is 3.57 Å². The highest BCUT2D eigenvalue weighted by atomic mass is 127. The third kappa shape index (κ3) is 2.31. The van der Waals surface area contributed by atoms with Gasteiger partial charge in [0, 0.05) is 14.3 Å². The molecule has 0 aliphatic heterocycles. The molecule has 0 aliphatic rings. The fraction of sp³-hybridized carbons (Fsp3) is 0. The third-order valence-electron chi connectivity index (χ3n) is 3.72. The Morgan fingerprint density at radius 3 is 1.86 bits per heavy atom. The van der Waals surface area contributed by atoms with Crippen molar-refractivity contribution in [2.24, 2.45) is 0 Å². The Bertz CT molecular complexity index is 925. The minimum Gasteiger partial charge on any atom is -0.354 e. The van der Waals surface area contributed by atoms with Crippen LogP contribution in [0.3, 0.4) is 0 Å². The number of anilines is 2. The fourth-order valence-electron chi connectivity index (χ4n) is 2.67. The zero-order chi connectivity index (χ0) is 14.9. The molecule has 0 radical (unpaired) electrons. The highest BCUT2D eigenvalue weighted by Gasteiger charge is 2.09. The molecule has 0 saturated heterocycles. The van der Waals surface area contributed by atoms with E-state index in [9.17, 15) is 0 Å². The quantitative estimate of drug-likeness (QED) is 0.346. The van der Waals surface area contributed by atoms with E-state index in [4.69, 9.17) is 4.98 Å². The van der Waals surface area contributed by atoms with E-state index in [2.05, 4.69) is 88.6 Å². The van der Waals surface area contributed by atoms with Crippen LogP contribution >= 0.6 is 22.6 Å². The number of halogens is 1. The first-order valence-electron chi connectivity index (χ1n) is 7.12. The Morgan fingerprint density at radius 1 is 0.682 bits per heavy atom.